The molecule has 3 nitrogen and oxygen atoms in total. The van der Waals surface area contributed by atoms with E-state index in [1.54, 1.807) is 0 Å². The maximum Gasteiger partial charge on any atom is 0.0676 e. The Bertz CT molecular complexity index is 474. The molecule has 0 radical (unpaired) electrons. The van der Waals surface area contributed by atoms with Crippen LogP contribution in [-0.4, -0.2) is 36.2 Å². The van der Waals surface area contributed by atoms with Crippen molar-refractivity contribution in [2.75, 3.05) is 20.1 Å². The Labute approximate surface area is 133 Å². The number of aliphatic hydroxyl groups excluding tert-OH is 1. The monoisotopic (exact) mass is 298 g/mol. The van der Waals surface area contributed by atoms with Gasteiger partial charge in [0.2, 0.25) is 0 Å². The third kappa shape index (κ3) is 5.98. The molecule has 0 heterocycles. The first-order valence-electron chi connectivity index (χ1n) is 7.91. The van der Waals surface area contributed by atoms with Crippen molar-refractivity contribution in [1.82, 2.24) is 10.2 Å². The van der Waals surface area contributed by atoms with Crippen LogP contribution in [0.2, 0.25) is 0 Å². The SMILES string of the molecule is CNCC(O)CCN(Cc1ccccc1)Cc1ccccc1. The second-order valence-corrected chi connectivity index (χ2v) is 5.68. The lowest BCUT2D eigenvalue weighted by Crippen LogP contribution is -2.30. The lowest BCUT2D eigenvalue weighted by Gasteiger charge is -2.24. The van der Waals surface area contributed by atoms with Crippen LogP contribution in [-0.2, 0) is 13.1 Å². The summed E-state index contributed by atoms with van der Waals surface area (Å²) in [6.07, 6.45) is 0.486. The normalized spacial score (nSPS) is 12.5. The number of aliphatic hydroxyl groups is 1. The molecule has 22 heavy (non-hydrogen) atoms. The van der Waals surface area contributed by atoms with Crippen LogP contribution in [0.15, 0.2) is 60.7 Å². The Morgan fingerprint density at radius 2 is 1.41 bits per heavy atom. The lowest BCUT2D eigenvalue weighted by molar-refractivity contribution is 0.136. The Kier molecular flexibility index (Phi) is 7.10. The third-order valence-corrected chi connectivity index (χ3v) is 3.72. The summed E-state index contributed by atoms with van der Waals surface area (Å²) in [5, 5.41) is 13.0. The summed E-state index contributed by atoms with van der Waals surface area (Å²) >= 11 is 0. The van der Waals surface area contributed by atoms with Crippen molar-refractivity contribution in [3.63, 3.8) is 0 Å². The maximum atomic E-state index is 9.94. The maximum absolute atomic E-state index is 9.94. The van der Waals surface area contributed by atoms with Gasteiger partial charge in [-0.05, 0) is 24.6 Å². The number of hydrogen-bond donors (Lipinski definition) is 2. The van der Waals surface area contributed by atoms with Crippen molar-refractivity contribution in [3.8, 4) is 0 Å². The molecular formula is C19H26N2O. The molecule has 0 amide bonds. The van der Waals surface area contributed by atoms with Crippen LogP contribution in [0.3, 0.4) is 0 Å². The van der Waals surface area contributed by atoms with E-state index in [0.29, 0.717) is 6.54 Å². The largest absolute Gasteiger partial charge is 0.392 e. The second-order valence-electron chi connectivity index (χ2n) is 5.68. The standard InChI is InChI=1S/C19H26N2O/c1-20-14-19(22)12-13-21(15-17-8-4-2-5-9-17)16-18-10-6-3-7-11-18/h2-11,19-20,22H,12-16H2,1H3. The van der Waals surface area contributed by atoms with E-state index in [9.17, 15) is 5.11 Å². The van der Waals surface area contributed by atoms with Gasteiger partial charge in [-0.15, -0.1) is 0 Å². The predicted octanol–water partition coefficient (Wildman–Crippen LogP) is 2.66. The molecule has 2 aromatic rings. The van der Waals surface area contributed by atoms with Crippen molar-refractivity contribution < 1.29 is 5.11 Å². The first-order valence-corrected chi connectivity index (χ1v) is 7.91. The van der Waals surface area contributed by atoms with E-state index in [1.165, 1.54) is 11.1 Å². The van der Waals surface area contributed by atoms with Gasteiger partial charge in [-0.3, -0.25) is 4.90 Å². The van der Waals surface area contributed by atoms with Gasteiger partial charge in [0.1, 0.15) is 0 Å². The highest BCUT2D eigenvalue weighted by molar-refractivity contribution is 5.17. The molecule has 0 saturated carbocycles. The molecule has 2 rings (SSSR count). The average molecular weight is 298 g/mol. The first kappa shape index (κ1) is 16.7. The van der Waals surface area contributed by atoms with E-state index in [1.807, 2.05) is 19.2 Å². The zero-order valence-electron chi connectivity index (χ0n) is 13.3. The van der Waals surface area contributed by atoms with Gasteiger partial charge in [-0.25, -0.2) is 0 Å². The average Bonchev–Trinajstić information content (AvgIpc) is 2.55. The van der Waals surface area contributed by atoms with Crippen LogP contribution in [0.4, 0.5) is 0 Å². The van der Waals surface area contributed by atoms with Gasteiger partial charge in [0.05, 0.1) is 6.10 Å². The zero-order valence-corrected chi connectivity index (χ0v) is 13.3. The summed E-state index contributed by atoms with van der Waals surface area (Å²) in [7, 11) is 1.87. The minimum absolute atomic E-state index is 0.293. The number of likely N-dealkylation sites (N-methyl/N-ethyl adjacent to an activating group) is 1. The molecule has 2 aromatic carbocycles. The highest BCUT2D eigenvalue weighted by Gasteiger charge is 2.10. The molecule has 2 N–H and O–H groups in total. The highest BCUT2D eigenvalue weighted by Crippen LogP contribution is 2.11. The quantitative estimate of drug-likeness (QED) is 0.747. The van der Waals surface area contributed by atoms with Crippen molar-refractivity contribution in [1.29, 1.82) is 0 Å². The minimum Gasteiger partial charge on any atom is -0.392 e. The fourth-order valence-electron chi connectivity index (χ4n) is 2.57. The van der Waals surface area contributed by atoms with Crippen molar-refractivity contribution >= 4 is 0 Å². The van der Waals surface area contributed by atoms with Crippen molar-refractivity contribution in [2.45, 2.75) is 25.6 Å². The molecule has 0 aliphatic heterocycles. The Morgan fingerprint density at radius 1 is 0.909 bits per heavy atom. The molecule has 0 fully saturated rings. The zero-order chi connectivity index (χ0) is 15.6. The van der Waals surface area contributed by atoms with E-state index >= 15 is 0 Å². The van der Waals surface area contributed by atoms with E-state index in [-0.39, 0.29) is 6.10 Å². The number of benzene rings is 2. The molecule has 0 aliphatic rings. The highest BCUT2D eigenvalue weighted by atomic mass is 16.3. The number of nitrogens with one attached hydrogen (secondary N) is 1. The number of nitrogens with zero attached hydrogens (tertiary/aromatic N) is 1. The van der Waals surface area contributed by atoms with Crippen LogP contribution in [0.25, 0.3) is 0 Å². The molecule has 1 atom stereocenters. The summed E-state index contributed by atoms with van der Waals surface area (Å²) in [6.45, 7) is 3.33. The van der Waals surface area contributed by atoms with Gasteiger partial charge < -0.3 is 10.4 Å². The molecule has 0 aliphatic carbocycles. The second kappa shape index (κ2) is 9.36. The van der Waals surface area contributed by atoms with Crippen molar-refractivity contribution in [3.05, 3.63) is 71.8 Å². The molecule has 0 aromatic heterocycles. The van der Waals surface area contributed by atoms with Crippen LogP contribution in [0, 0.1) is 0 Å². The molecule has 1 unspecified atom stereocenters. The van der Waals surface area contributed by atoms with E-state index in [2.05, 4.69) is 58.7 Å². The summed E-state index contributed by atoms with van der Waals surface area (Å²) < 4.78 is 0. The Morgan fingerprint density at radius 3 is 1.86 bits per heavy atom. The van der Waals surface area contributed by atoms with E-state index < -0.39 is 0 Å². The summed E-state index contributed by atoms with van der Waals surface area (Å²) in [5.74, 6) is 0. The van der Waals surface area contributed by atoms with Gasteiger partial charge in [-0.2, -0.15) is 0 Å². The van der Waals surface area contributed by atoms with Gasteiger partial charge in [0, 0.05) is 26.2 Å². The number of rotatable bonds is 9. The van der Waals surface area contributed by atoms with Gasteiger partial charge in [0.15, 0.2) is 0 Å². The van der Waals surface area contributed by atoms with E-state index in [4.69, 9.17) is 0 Å². The Hall–Kier alpha value is -1.68. The Balaban J connectivity index is 1.97. The predicted molar refractivity (Wildman–Crippen MR) is 91.5 cm³/mol. The fraction of sp³-hybridized carbons (Fsp3) is 0.368. The van der Waals surface area contributed by atoms with Crippen molar-refractivity contribution in [2.24, 2.45) is 0 Å². The number of hydrogen-bond acceptors (Lipinski definition) is 3. The third-order valence-electron chi connectivity index (χ3n) is 3.72. The van der Waals surface area contributed by atoms with Gasteiger partial charge in [0.25, 0.3) is 0 Å². The molecule has 0 bridgehead atoms. The molecule has 0 spiro atoms. The van der Waals surface area contributed by atoms with E-state index in [0.717, 1.165) is 26.1 Å². The summed E-state index contributed by atoms with van der Waals surface area (Å²) in [4.78, 5) is 2.39. The molecule has 3 heteroatoms. The smallest absolute Gasteiger partial charge is 0.0676 e. The van der Waals surface area contributed by atoms with Gasteiger partial charge >= 0.3 is 0 Å². The van der Waals surface area contributed by atoms with Crippen LogP contribution in [0.5, 0.6) is 0 Å². The van der Waals surface area contributed by atoms with Gasteiger partial charge in [-0.1, -0.05) is 60.7 Å². The topological polar surface area (TPSA) is 35.5 Å². The van der Waals surface area contributed by atoms with Crippen LogP contribution < -0.4 is 5.32 Å². The van der Waals surface area contributed by atoms with Crippen LogP contribution >= 0.6 is 0 Å². The van der Waals surface area contributed by atoms with Crippen LogP contribution in [0.1, 0.15) is 17.5 Å². The summed E-state index contributed by atoms with van der Waals surface area (Å²) in [6, 6.07) is 21.0. The minimum atomic E-state index is -0.293. The molecular weight excluding hydrogens is 272 g/mol. The summed E-state index contributed by atoms with van der Waals surface area (Å²) in [5.41, 5.74) is 2.61. The molecule has 0 saturated heterocycles. The lowest BCUT2D eigenvalue weighted by atomic mass is 10.1. The first-order chi connectivity index (χ1) is 10.8. The molecule has 118 valence electrons. The fourth-order valence-corrected chi connectivity index (χ4v) is 2.57.